The van der Waals surface area contributed by atoms with E-state index in [2.05, 4.69) is 37.7 Å². The lowest BCUT2D eigenvalue weighted by Crippen LogP contribution is -2.36. The summed E-state index contributed by atoms with van der Waals surface area (Å²) in [5.41, 5.74) is 2.69. The lowest BCUT2D eigenvalue weighted by molar-refractivity contribution is -0.132. The van der Waals surface area contributed by atoms with E-state index >= 15 is 0 Å². The Labute approximate surface area is 97.1 Å². The molecule has 0 bridgehead atoms. The fraction of sp³-hybridized carbons (Fsp3) is 0.615. The Bertz CT molecular complexity index is 393. The topological polar surface area (TPSA) is 25.2 Å². The maximum absolute atomic E-state index is 11.9. The molecule has 2 heterocycles. The molecule has 1 aromatic rings. The zero-order chi connectivity index (χ0) is 11.7. The molecule has 0 radical (unpaired) electrons. The number of carbonyl (C=O) groups is 1. The first-order chi connectivity index (χ1) is 7.58. The van der Waals surface area contributed by atoms with Gasteiger partial charge in [0, 0.05) is 44.9 Å². The zero-order valence-corrected chi connectivity index (χ0v) is 10.4. The van der Waals surface area contributed by atoms with E-state index in [1.807, 2.05) is 4.90 Å². The van der Waals surface area contributed by atoms with Crippen LogP contribution >= 0.6 is 0 Å². The molecule has 0 N–H and O–H groups in total. The molecule has 3 heteroatoms. The second-order valence-electron chi connectivity index (χ2n) is 5.06. The number of fused-ring (bicyclic) bond motifs is 1. The smallest absolute Gasteiger partial charge is 0.223 e. The zero-order valence-electron chi connectivity index (χ0n) is 10.4. The lowest BCUT2D eigenvalue weighted by Gasteiger charge is -2.28. The average Bonchev–Trinajstić information content (AvgIpc) is 2.59. The molecule has 0 aromatic carbocycles. The quantitative estimate of drug-likeness (QED) is 0.748. The Balaban J connectivity index is 2.05. The summed E-state index contributed by atoms with van der Waals surface area (Å²) in [6, 6.07) is 2.13. The number of carbonyl (C=O) groups excluding carboxylic acids is 1. The fourth-order valence-electron chi connectivity index (χ4n) is 2.31. The van der Waals surface area contributed by atoms with E-state index in [1.165, 1.54) is 11.3 Å². The average molecular weight is 220 g/mol. The van der Waals surface area contributed by atoms with Crippen molar-refractivity contribution in [3.63, 3.8) is 0 Å². The monoisotopic (exact) mass is 220 g/mol. The van der Waals surface area contributed by atoms with E-state index in [1.54, 1.807) is 0 Å². The van der Waals surface area contributed by atoms with Crippen molar-refractivity contribution < 1.29 is 4.79 Å². The van der Waals surface area contributed by atoms with Gasteiger partial charge in [0.05, 0.1) is 0 Å². The first kappa shape index (κ1) is 11.2. The van der Waals surface area contributed by atoms with Crippen LogP contribution in [0.15, 0.2) is 12.3 Å². The van der Waals surface area contributed by atoms with Crippen LogP contribution in [0.3, 0.4) is 0 Å². The highest BCUT2D eigenvalue weighted by Crippen LogP contribution is 2.20. The molecule has 16 heavy (non-hydrogen) atoms. The van der Waals surface area contributed by atoms with Crippen LogP contribution < -0.4 is 0 Å². The number of amides is 1. The maximum Gasteiger partial charge on any atom is 0.223 e. The van der Waals surface area contributed by atoms with Gasteiger partial charge in [-0.05, 0) is 17.5 Å². The van der Waals surface area contributed by atoms with Crippen molar-refractivity contribution in [2.75, 3.05) is 6.54 Å². The van der Waals surface area contributed by atoms with Crippen LogP contribution in [0.2, 0.25) is 0 Å². The van der Waals surface area contributed by atoms with Gasteiger partial charge in [-0.15, -0.1) is 0 Å². The summed E-state index contributed by atoms with van der Waals surface area (Å²) >= 11 is 0. The van der Waals surface area contributed by atoms with E-state index in [9.17, 15) is 4.79 Å². The van der Waals surface area contributed by atoms with Crippen molar-refractivity contribution in [1.29, 1.82) is 0 Å². The third-order valence-corrected chi connectivity index (χ3v) is 3.21. The van der Waals surface area contributed by atoms with Crippen LogP contribution in [-0.2, 0) is 24.8 Å². The normalized spacial score (nSPS) is 15.4. The molecule has 0 saturated heterocycles. The lowest BCUT2D eigenvalue weighted by atomic mass is 10.1. The third kappa shape index (κ3) is 2.13. The van der Waals surface area contributed by atoms with Gasteiger partial charge in [0.15, 0.2) is 0 Å². The van der Waals surface area contributed by atoms with Crippen molar-refractivity contribution in [2.45, 2.75) is 33.2 Å². The van der Waals surface area contributed by atoms with Gasteiger partial charge in [0.1, 0.15) is 0 Å². The van der Waals surface area contributed by atoms with E-state index in [0.717, 1.165) is 19.5 Å². The number of hydrogen-bond donors (Lipinski definition) is 0. The van der Waals surface area contributed by atoms with E-state index in [4.69, 9.17) is 0 Å². The molecule has 0 unspecified atom stereocenters. The molecule has 1 aromatic heterocycles. The summed E-state index contributed by atoms with van der Waals surface area (Å²) in [6.07, 6.45) is 3.74. The maximum atomic E-state index is 11.9. The summed E-state index contributed by atoms with van der Waals surface area (Å²) in [7, 11) is 2.07. The van der Waals surface area contributed by atoms with Crippen LogP contribution in [0.5, 0.6) is 0 Å². The minimum absolute atomic E-state index is 0.296. The summed E-state index contributed by atoms with van der Waals surface area (Å²) in [5.74, 6) is 0.745. The van der Waals surface area contributed by atoms with Crippen molar-refractivity contribution >= 4 is 5.91 Å². The Hall–Kier alpha value is -1.25. The molecule has 2 rings (SSSR count). The minimum Gasteiger partial charge on any atom is -0.354 e. The highest BCUT2D eigenvalue weighted by atomic mass is 16.2. The second-order valence-corrected chi connectivity index (χ2v) is 5.06. The van der Waals surface area contributed by atoms with Gasteiger partial charge in [-0.3, -0.25) is 4.79 Å². The number of aryl methyl sites for hydroxylation is 1. The van der Waals surface area contributed by atoms with Gasteiger partial charge in [0.2, 0.25) is 5.91 Å². The summed E-state index contributed by atoms with van der Waals surface area (Å²) in [4.78, 5) is 13.9. The number of aromatic nitrogens is 1. The summed E-state index contributed by atoms with van der Waals surface area (Å²) in [5, 5.41) is 0. The van der Waals surface area contributed by atoms with Crippen molar-refractivity contribution in [3.8, 4) is 0 Å². The predicted molar refractivity (Wildman–Crippen MR) is 64.0 cm³/mol. The SMILES string of the molecule is CC(C)CC(=O)N1CCc2c(ccn2C)C1. The standard InChI is InChI=1S/C13H20N2O/c1-10(2)8-13(16)15-7-5-12-11(9-15)4-6-14(12)3/h4,6,10H,5,7-9H2,1-3H3. The molecule has 88 valence electrons. The second kappa shape index (κ2) is 4.32. The highest BCUT2D eigenvalue weighted by Gasteiger charge is 2.22. The van der Waals surface area contributed by atoms with Gasteiger partial charge in [-0.2, -0.15) is 0 Å². The van der Waals surface area contributed by atoms with Crippen molar-refractivity contribution in [3.05, 3.63) is 23.5 Å². The molecule has 1 aliphatic heterocycles. The highest BCUT2D eigenvalue weighted by molar-refractivity contribution is 5.76. The van der Waals surface area contributed by atoms with E-state index in [-0.39, 0.29) is 0 Å². The molecular weight excluding hydrogens is 200 g/mol. The number of hydrogen-bond acceptors (Lipinski definition) is 1. The summed E-state index contributed by atoms with van der Waals surface area (Å²) in [6.45, 7) is 5.85. The van der Waals surface area contributed by atoms with E-state index in [0.29, 0.717) is 18.2 Å². The van der Waals surface area contributed by atoms with E-state index < -0.39 is 0 Å². The molecule has 0 fully saturated rings. The molecule has 0 aliphatic carbocycles. The Morgan fingerprint density at radius 1 is 1.50 bits per heavy atom. The number of nitrogens with zero attached hydrogens (tertiary/aromatic N) is 2. The van der Waals surface area contributed by atoms with Gasteiger partial charge in [-0.25, -0.2) is 0 Å². The molecule has 0 saturated carbocycles. The van der Waals surface area contributed by atoms with Gasteiger partial charge in [-0.1, -0.05) is 13.8 Å². The van der Waals surface area contributed by atoms with Gasteiger partial charge >= 0.3 is 0 Å². The Morgan fingerprint density at radius 3 is 2.94 bits per heavy atom. The van der Waals surface area contributed by atoms with Gasteiger partial charge < -0.3 is 9.47 Å². The Morgan fingerprint density at radius 2 is 2.25 bits per heavy atom. The van der Waals surface area contributed by atoms with Crippen LogP contribution in [0.4, 0.5) is 0 Å². The summed E-state index contributed by atoms with van der Waals surface area (Å²) < 4.78 is 2.17. The largest absolute Gasteiger partial charge is 0.354 e. The molecule has 0 spiro atoms. The predicted octanol–water partition coefficient (Wildman–Crippen LogP) is 1.96. The molecular formula is C13H20N2O. The molecule has 3 nitrogen and oxygen atoms in total. The first-order valence-corrected chi connectivity index (χ1v) is 5.98. The van der Waals surface area contributed by atoms with Crippen molar-refractivity contribution in [1.82, 2.24) is 9.47 Å². The van der Waals surface area contributed by atoms with Crippen LogP contribution in [0, 0.1) is 5.92 Å². The molecule has 1 amide bonds. The number of rotatable bonds is 2. The third-order valence-electron chi connectivity index (χ3n) is 3.21. The van der Waals surface area contributed by atoms with Gasteiger partial charge in [0.25, 0.3) is 0 Å². The molecule has 0 atom stereocenters. The molecule has 1 aliphatic rings. The van der Waals surface area contributed by atoms with Crippen LogP contribution in [-0.4, -0.2) is 21.9 Å². The van der Waals surface area contributed by atoms with Crippen LogP contribution in [0.25, 0.3) is 0 Å². The van der Waals surface area contributed by atoms with Crippen molar-refractivity contribution in [2.24, 2.45) is 13.0 Å². The fourth-order valence-corrected chi connectivity index (χ4v) is 2.31. The Kier molecular flexibility index (Phi) is 3.03. The first-order valence-electron chi connectivity index (χ1n) is 5.98. The van der Waals surface area contributed by atoms with Crippen LogP contribution in [0.1, 0.15) is 31.5 Å². The minimum atomic E-state index is 0.296.